The number of rotatable bonds is 10. The number of anilines is 2. The summed E-state index contributed by atoms with van der Waals surface area (Å²) in [5.41, 5.74) is 2.62. The summed E-state index contributed by atoms with van der Waals surface area (Å²) in [5, 5.41) is 3.38. The zero-order valence-electron chi connectivity index (χ0n) is 12.2. The third kappa shape index (κ3) is 5.17. The van der Waals surface area contributed by atoms with Crippen LogP contribution in [0.5, 0.6) is 0 Å². The number of nitrogens with two attached hydrogens (primary N) is 1. The molecular formula is C14H25N5S. The molecule has 1 aromatic heterocycles. The van der Waals surface area contributed by atoms with E-state index in [1.165, 1.54) is 44.3 Å². The average Bonchev–Trinajstić information content (AvgIpc) is 3.30. The second kappa shape index (κ2) is 8.32. The Balaban J connectivity index is 1.73. The molecule has 1 aliphatic rings. The van der Waals surface area contributed by atoms with Gasteiger partial charge in [-0.3, -0.25) is 0 Å². The van der Waals surface area contributed by atoms with Gasteiger partial charge in [0, 0.05) is 18.5 Å². The Labute approximate surface area is 125 Å². The lowest BCUT2D eigenvalue weighted by atomic mass is 10.2. The van der Waals surface area contributed by atoms with Gasteiger partial charge in [0.15, 0.2) is 0 Å². The van der Waals surface area contributed by atoms with Crippen LogP contribution in [0.15, 0.2) is 6.07 Å². The number of nitrogens with zero attached hydrogens (tertiary/aromatic N) is 2. The van der Waals surface area contributed by atoms with Crippen molar-refractivity contribution >= 4 is 23.4 Å². The summed E-state index contributed by atoms with van der Waals surface area (Å²) >= 11 is 1.93. The Hall–Kier alpha value is -1.01. The first-order valence-corrected chi connectivity index (χ1v) is 8.81. The average molecular weight is 295 g/mol. The maximum atomic E-state index is 5.46. The number of hydrazine groups is 1. The van der Waals surface area contributed by atoms with Crippen LogP contribution >= 0.6 is 11.8 Å². The van der Waals surface area contributed by atoms with Gasteiger partial charge in [-0.1, -0.05) is 12.8 Å². The maximum Gasteiger partial charge on any atom is 0.145 e. The molecule has 0 saturated heterocycles. The van der Waals surface area contributed by atoms with Gasteiger partial charge in [-0.25, -0.2) is 15.8 Å². The van der Waals surface area contributed by atoms with Crippen LogP contribution < -0.4 is 16.6 Å². The van der Waals surface area contributed by atoms with Crippen LogP contribution in [0.25, 0.3) is 0 Å². The van der Waals surface area contributed by atoms with E-state index in [4.69, 9.17) is 5.84 Å². The zero-order chi connectivity index (χ0) is 14.2. The number of nitrogens with one attached hydrogen (secondary N) is 2. The highest BCUT2D eigenvalue weighted by molar-refractivity contribution is 7.98. The molecule has 0 amide bonds. The molecule has 0 aromatic carbocycles. The lowest BCUT2D eigenvalue weighted by Crippen LogP contribution is -2.12. The summed E-state index contributed by atoms with van der Waals surface area (Å²) in [4.78, 5) is 8.97. The smallest absolute Gasteiger partial charge is 0.145 e. The van der Waals surface area contributed by atoms with Crippen LogP contribution in [-0.4, -0.2) is 28.5 Å². The molecule has 2 rings (SSSR count). The van der Waals surface area contributed by atoms with Gasteiger partial charge < -0.3 is 10.7 Å². The molecule has 1 aromatic rings. The lowest BCUT2D eigenvalue weighted by molar-refractivity contribution is 0.688. The van der Waals surface area contributed by atoms with Crippen LogP contribution in [-0.2, 0) is 0 Å². The fourth-order valence-corrected chi connectivity index (χ4v) is 2.59. The minimum Gasteiger partial charge on any atom is -0.370 e. The third-order valence-corrected chi connectivity index (χ3v) is 4.11. The van der Waals surface area contributed by atoms with Gasteiger partial charge in [0.25, 0.3) is 0 Å². The largest absolute Gasteiger partial charge is 0.370 e. The molecule has 4 N–H and O–H groups in total. The summed E-state index contributed by atoms with van der Waals surface area (Å²) < 4.78 is 0. The Kier molecular flexibility index (Phi) is 6.39. The maximum absolute atomic E-state index is 5.46. The number of unbranched alkanes of at least 4 members (excludes halogenated alkanes) is 3. The summed E-state index contributed by atoms with van der Waals surface area (Å²) in [6.07, 6.45) is 9.65. The fraction of sp³-hybridized carbons (Fsp3) is 0.714. The molecule has 20 heavy (non-hydrogen) atoms. The van der Waals surface area contributed by atoms with Gasteiger partial charge in [-0.05, 0) is 37.7 Å². The molecule has 0 radical (unpaired) electrons. The van der Waals surface area contributed by atoms with E-state index in [9.17, 15) is 0 Å². The Morgan fingerprint density at radius 1 is 1.20 bits per heavy atom. The molecule has 0 aliphatic heterocycles. The van der Waals surface area contributed by atoms with Crippen molar-refractivity contribution in [2.75, 3.05) is 29.3 Å². The summed E-state index contributed by atoms with van der Waals surface area (Å²) in [7, 11) is 0. The van der Waals surface area contributed by atoms with Gasteiger partial charge >= 0.3 is 0 Å². The highest BCUT2D eigenvalue weighted by Gasteiger charge is 2.27. The molecule has 1 saturated carbocycles. The van der Waals surface area contributed by atoms with E-state index in [0.29, 0.717) is 11.7 Å². The molecular weight excluding hydrogens is 270 g/mol. The van der Waals surface area contributed by atoms with E-state index in [2.05, 4.69) is 27.0 Å². The van der Waals surface area contributed by atoms with Gasteiger partial charge in [-0.2, -0.15) is 11.8 Å². The normalized spacial score (nSPS) is 14.3. The Morgan fingerprint density at radius 3 is 2.65 bits per heavy atom. The molecule has 6 heteroatoms. The van der Waals surface area contributed by atoms with Crippen molar-refractivity contribution < 1.29 is 0 Å². The summed E-state index contributed by atoms with van der Waals surface area (Å²) in [6.45, 7) is 0.963. The van der Waals surface area contributed by atoms with Gasteiger partial charge in [-0.15, -0.1) is 0 Å². The molecule has 5 nitrogen and oxygen atoms in total. The van der Waals surface area contributed by atoms with Crippen LogP contribution in [0.2, 0.25) is 0 Å². The van der Waals surface area contributed by atoms with Gasteiger partial charge in [0.2, 0.25) is 0 Å². The number of thioether (sulfide) groups is 1. The van der Waals surface area contributed by atoms with Crippen LogP contribution in [0, 0.1) is 0 Å². The highest BCUT2D eigenvalue weighted by atomic mass is 32.2. The first kappa shape index (κ1) is 15.4. The van der Waals surface area contributed by atoms with E-state index in [1.54, 1.807) is 0 Å². The minimum absolute atomic E-state index is 0.537. The van der Waals surface area contributed by atoms with Crippen LogP contribution in [0.4, 0.5) is 11.6 Å². The van der Waals surface area contributed by atoms with Gasteiger partial charge in [0.05, 0.1) is 0 Å². The Morgan fingerprint density at radius 2 is 1.95 bits per heavy atom. The second-order valence-electron chi connectivity index (χ2n) is 5.25. The second-order valence-corrected chi connectivity index (χ2v) is 6.23. The topological polar surface area (TPSA) is 75.9 Å². The third-order valence-electron chi connectivity index (χ3n) is 3.42. The number of aromatic nitrogens is 2. The lowest BCUT2D eigenvalue weighted by Gasteiger charge is -2.09. The molecule has 0 unspecified atom stereocenters. The van der Waals surface area contributed by atoms with Crippen LogP contribution in [0.3, 0.4) is 0 Å². The van der Waals surface area contributed by atoms with Crippen molar-refractivity contribution in [3.05, 3.63) is 11.9 Å². The van der Waals surface area contributed by atoms with Crippen LogP contribution in [0.1, 0.15) is 50.3 Å². The first-order chi connectivity index (χ1) is 9.83. The molecule has 0 atom stereocenters. The van der Waals surface area contributed by atoms with Gasteiger partial charge in [0.1, 0.15) is 17.5 Å². The van der Waals surface area contributed by atoms with E-state index < -0.39 is 0 Å². The summed E-state index contributed by atoms with van der Waals surface area (Å²) in [5.74, 6) is 9.78. The van der Waals surface area contributed by atoms with Crippen molar-refractivity contribution in [3.63, 3.8) is 0 Å². The molecule has 1 heterocycles. The summed E-state index contributed by atoms with van der Waals surface area (Å²) in [6, 6.07) is 1.87. The van der Waals surface area contributed by atoms with E-state index in [-0.39, 0.29) is 0 Å². The van der Waals surface area contributed by atoms with E-state index in [0.717, 1.165) is 18.2 Å². The quantitative estimate of drug-likeness (QED) is 0.350. The van der Waals surface area contributed by atoms with Crippen molar-refractivity contribution in [1.29, 1.82) is 0 Å². The molecule has 1 fully saturated rings. The molecule has 1 aliphatic carbocycles. The number of hydrogen-bond donors (Lipinski definition) is 3. The Bertz CT molecular complexity index is 409. The predicted molar refractivity (Wildman–Crippen MR) is 87.2 cm³/mol. The zero-order valence-corrected chi connectivity index (χ0v) is 13.0. The predicted octanol–water partition coefficient (Wildman–Crippen LogP) is 2.97. The SMILES string of the molecule is CSCCCCCCNc1cc(NN)nc(C2CC2)n1. The monoisotopic (exact) mass is 295 g/mol. The minimum atomic E-state index is 0.537. The number of hydrogen-bond acceptors (Lipinski definition) is 6. The van der Waals surface area contributed by atoms with Crippen molar-refractivity contribution in [2.24, 2.45) is 5.84 Å². The molecule has 112 valence electrons. The highest BCUT2D eigenvalue weighted by Crippen LogP contribution is 2.38. The van der Waals surface area contributed by atoms with Crippen molar-refractivity contribution in [3.8, 4) is 0 Å². The van der Waals surface area contributed by atoms with E-state index >= 15 is 0 Å². The van der Waals surface area contributed by atoms with E-state index in [1.807, 2.05) is 17.8 Å². The molecule has 0 bridgehead atoms. The molecule has 0 spiro atoms. The standard InChI is InChI=1S/C14H25N5S/c1-20-9-5-3-2-4-8-16-12-10-13(19-15)18-14(17-12)11-6-7-11/h10-11H,2-9,15H2,1H3,(H2,16,17,18,19). The fourth-order valence-electron chi connectivity index (χ4n) is 2.10. The first-order valence-electron chi connectivity index (χ1n) is 7.42. The number of nitrogen functional groups attached to an aromatic ring is 1. The van der Waals surface area contributed by atoms with Crippen molar-refractivity contribution in [1.82, 2.24) is 9.97 Å². The van der Waals surface area contributed by atoms with Crippen molar-refractivity contribution in [2.45, 2.75) is 44.4 Å².